The number of hydrogen-bond donors (Lipinski definition) is 1. The van der Waals surface area contributed by atoms with E-state index in [2.05, 4.69) is 19.2 Å². The zero-order chi connectivity index (χ0) is 10.6. The van der Waals surface area contributed by atoms with Crippen LogP contribution >= 0.6 is 0 Å². The Morgan fingerprint density at radius 3 is 2.64 bits per heavy atom. The van der Waals surface area contributed by atoms with Gasteiger partial charge in [-0.2, -0.15) is 0 Å². The van der Waals surface area contributed by atoms with Gasteiger partial charge in [0.2, 0.25) is 0 Å². The first-order valence-electron chi connectivity index (χ1n) is 5.32. The highest BCUT2D eigenvalue weighted by molar-refractivity contribution is 7.92. The van der Waals surface area contributed by atoms with Gasteiger partial charge in [0.1, 0.15) is 0 Å². The molecule has 14 heavy (non-hydrogen) atoms. The Labute approximate surface area is 86.2 Å². The normalized spacial score (nSPS) is 44.6. The molecule has 1 N–H and O–H groups in total. The Balaban J connectivity index is 2.35. The summed E-state index contributed by atoms with van der Waals surface area (Å²) in [5.74, 6) is 0. The molecule has 1 saturated heterocycles. The molecule has 4 heteroatoms. The van der Waals surface area contributed by atoms with Crippen molar-refractivity contribution in [2.45, 2.75) is 50.2 Å². The van der Waals surface area contributed by atoms with Crippen molar-refractivity contribution < 1.29 is 8.42 Å². The predicted molar refractivity (Wildman–Crippen MR) is 57.0 cm³/mol. The number of nitrogens with one attached hydrogen (secondary N) is 1. The highest BCUT2D eigenvalue weighted by Gasteiger charge is 2.51. The molecule has 3 unspecified atom stereocenters. The van der Waals surface area contributed by atoms with Gasteiger partial charge in [0.25, 0.3) is 0 Å². The van der Waals surface area contributed by atoms with Crippen LogP contribution in [0.1, 0.15) is 33.6 Å². The highest BCUT2D eigenvalue weighted by atomic mass is 32.2. The second kappa shape index (κ2) is 2.95. The Morgan fingerprint density at radius 2 is 2.00 bits per heavy atom. The zero-order valence-electron chi connectivity index (χ0n) is 9.08. The van der Waals surface area contributed by atoms with Gasteiger partial charge in [-0.15, -0.1) is 0 Å². The van der Waals surface area contributed by atoms with Gasteiger partial charge in [0, 0.05) is 12.6 Å². The minimum atomic E-state index is -2.87. The summed E-state index contributed by atoms with van der Waals surface area (Å²) in [5, 5.41) is 3.05. The molecule has 0 spiro atoms. The number of rotatable bonds is 0. The first-order chi connectivity index (χ1) is 6.36. The van der Waals surface area contributed by atoms with E-state index in [9.17, 15) is 8.42 Å². The van der Waals surface area contributed by atoms with Crippen LogP contribution in [0.5, 0.6) is 0 Å². The largest absolute Gasteiger partial charge is 0.311 e. The molecule has 0 aromatic heterocycles. The van der Waals surface area contributed by atoms with Crippen molar-refractivity contribution in [1.82, 2.24) is 5.32 Å². The van der Waals surface area contributed by atoms with Gasteiger partial charge in [-0.1, -0.05) is 13.8 Å². The quantitative estimate of drug-likeness (QED) is 0.657. The fourth-order valence-electron chi connectivity index (χ4n) is 2.81. The molecule has 1 aliphatic carbocycles. The second-order valence-corrected chi connectivity index (χ2v) is 7.94. The maximum absolute atomic E-state index is 12.0. The Morgan fingerprint density at radius 1 is 1.36 bits per heavy atom. The van der Waals surface area contributed by atoms with Gasteiger partial charge in [0.05, 0.1) is 10.5 Å². The van der Waals surface area contributed by atoms with Crippen LogP contribution in [0.25, 0.3) is 0 Å². The Bertz CT molecular complexity index is 334. The molecular weight excluding hydrogens is 198 g/mol. The van der Waals surface area contributed by atoms with Gasteiger partial charge in [-0.25, -0.2) is 8.42 Å². The van der Waals surface area contributed by atoms with E-state index in [4.69, 9.17) is 0 Å². The lowest BCUT2D eigenvalue weighted by atomic mass is 9.87. The lowest BCUT2D eigenvalue weighted by Gasteiger charge is -2.37. The van der Waals surface area contributed by atoms with Gasteiger partial charge in [-0.3, -0.25) is 0 Å². The lowest BCUT2D eigenvalue weighted by Crippen LogP contribution is -2.57. The van der Waals surface area contributed by atoms with Gasteiger partial charge in [0.15, 0.2) is 9.84 Å². The Kier molecular flexibility index (Phi) is 2.20. The maximum atomic E-state index is 12.0. The molecule has 0 aromatic carbocycles. The Hall–Kier alpha value is -0.0900. The number of sulfone groups is 1. The van der Waals surface area contributed by atoms with Gasteiger partial charge < -0.3 is 5.32 Å². The molecule has 1 aliphatic heterocycles. The molecule has 2 fully saturated rings. The van der Waals surface area contributed by atoms with Crippen LogP contribution in [0.2, 0.25) is 0 Å². The number of hydrogen-bond acceptors (Lipinski definition) is 3. The summed E-state index contributed by atoms with van der Waals surface area (Å²) in [6.07, 6.45) is 1.85. The van der Waals surface area contributed by atoms with Crippen molar-refractivity contribution in [2.24, 2.45) is 5.41 Å². The molecule has 2 aliphatic rings. The van der Waals surface area contributed by atoms with Crippen molar-refractivity contribution in [3.63, 3.8) is 0 Å². The minimum absolute atomic E-state index is 0.137. The molecule has 1 saturated carbocycles. The smallest absolute Gasteiger partial charge is 0.158 e. The summed E-state index contributed by atoms with van der Waals surface area (Å²) in [6.45, 7) is 6.75. The van der Waals surface area contributed by atoms with Crippen LogP contribution in [-0.4, -0.2) is 31.5 Å². The van der Waals surface area contributed by atoms with Crippen molar-refractivity contribution in [3.8, 4) is 0 Å². The van der Waals surface area contributed by atoms with E-state index in [1.54, 1.807) is 0 Å². The standard InChI is InChI=1S/C10H19NO2S/c1-7-6-11-9-8(14(7,12)13)4-5-10(9,2)3/h7-9,11H,4-6H2,1-3H3. The van der Waals surface area contributed by atoms with E-state index in [0.29, 0.717) is 6.54 Å². The van der Waals surface area contributed by atoms with Crippen LogP contribution in [-0.2, 0) is 9.84 Å². The third-order valence-corrected chi connectivity index (χ3v) is 6.54. The summed E-state index contributed by atoms with van der Waals surface area (Å²) < 4.78 is 24.1. The number of fused-ring (bicyclic) bond motifs is 1. The maximum Gasteiger partial charge on any atom is 0.158 e. The summed E-state index contributed by atoms with van der Waals surface area (Å²) in [4.78, 5) is 0. The molecule has 0 radical (unpaired) electrons. The average Bonchev–Trinajstić information content (AvgIpc) is 2.36. The van der Waals surface area contributed by atoms with Crippen molar-refractivity contribution in [3.05, 3.63) is 0 Å². The molecule has 0 amide bonds. The summed E-state index contributed by atoms with van der Waals surface area (Å²) in [5.41, 5.74) is 0.137. The fourth-order valence-corrected chi connectivity index (χ4v) is 5.02. The van der Waals surface area contributed by atoms with Crippen molar-refractivity contribution in [2.75, 3.05) is 6.54 Å². The van der Waals surface area contributed by atoms with Crippen LogP contribution in [0.4, 0.5) is 0 Å². The molecule has 0 bridgehead atoms. The average molecular weight is 217 g/mol. The van der Waals surface area contributed by atoms with Crippen LogP contribution in [0.15, 0.2) is 0 Å². The highest BCUT2D eigenvalue weighted by Crippen LogP contribution is 2.43. The van der Waals surface area contributed by atoms with E-state index >= 15 is 0 Å². The van der Waals surface area contributed by atoms with Crippen LogP contribution in [0, 0.1) is 5.41 Å². The minimum Gasteiger partial charge on any atom is -0.311 e. The van der Waals surface area contributed by atoms with E-state index in [1.165, 1.54) is 0 Å². The fraction of sp³-hybridized carbons (Fsp3) is 1.00. The summed E-state index contributed by atoms with van der Waals surface area (Å²) >= 11 is 0. The lowest BCUT2D eigenvalue weighted by molar-refractivity contribution is 0.277. The first-order valence-corrected chi connectivity index (χ1v) is 6.93. The van der Waals surface area contributed by atoms with Gasteiger partial charge in [-0.05, 0) is 25.2 Å². The zero-order valence-corrected chi connectivity index (χ0v) is 9.89. The summed E-state index contributed by atoms with van der Waals surface area (Å²) in [7, 11) is -2.87. The van der Waals surface area contributed by atoms with E-state index in [0.717, 1.165) is 12.8 Å². The molecule has 2 rings (SSSR count). The second-order valence-electron chi connectivity index (χ2n) is 5.35. The van der Waals surface area contributed by atoms with Crippen LogP contribution in [0.3, 0.4) is 0 Å². The summed E-state index contributed by atoms with van der Waals surface area (Å²) in [6, 6.07) is 0.170. The molecule has 3 nitrogen and oxygen atoms in total. The topological polar surface area (TPSA) is 46.2 Å². The van der Waals surface area contributed by atoms with Crippen LogP contribution < -0.4 is 5.32 Å². The molecule has 82 valence electrons. The molecule has 0 aromatic rings. The van der Waals surface area contributed by atoms with Crippen molar-refractivity contribution in [1.29, 1.82) is 0 Å². The SMILES string of the molecule is CC1CNC2C(CCC2(C)C)S1(=O)=O. The third-order valence-electron chi connectivity index (χ3n) is 3.89. The molecular formula is C10H19NO2S. The van der Waals surface area contributed by atoms with E-state index in [1.807, 2.05) is 6.92 Å². The monoisotopic (exact) mass is 217 g/mol. The molecule has 3 atom stereocenters. The first kappa shape index (κ1) is 10.4. The van der Waals surface area contributed by atoms with E-state index in [-0.39, 0.29) is 22.0 Å². The third kappa shape index (κ3) is 1.31. The van der Waals surface area contributed by atoms with Crippen molar-refractivity contribution >= 4 is 9.84 Å². The molecule has 1 heterocycles. The van der Waals surface area contributed by atoms with E-state index < -0.39 is 9.84 Å². The van der Waals surface area contributed by atoms with Gasteiger partial charge >= 0.3 is 0 Å². The predicted octanol–water partition coefficient (Wildman–Crippen LogP) is 0.950.